The van der Waals surface area contributed by atoms with E-state index in [0.717, 1.165) is 38.1 Å². The van der Waals surface area contributed by atoms with Gasteiger partial charge in [0.2, 0.25) is 0 Å². The molecule has 1 aromatic rings. The van der Waals surface area contributed by atoms with Crippen LogP contribution in [0.3, 0.4) is 0 Å². The van der Waals surface area contributed by atoms with Gasteiger partial charge in [-0.15, -0.1) is 0 Å². The zero-order valence-electron chi connectivity index (χ0n) is 15.7. The van der Waals surface area contributed by atoms with Crippen molar-refractivity contribution < 1.29 is 17.9 Å². The molecule has 27 heavy (non-hydrogen) atoms. The van der Waals surface area contributed by atoms with E-state index in [-0.39, 0.29) is 17.7 Å². The maximum Gasteiger partial charge on any atom is 0.253 e. The second kappa shape index (κ2) is 7.80. The molecule has 0 aromatic heterocycles. The van der Waals surface area contributed by atoms with Gasteiger partial charge in [0.05, 0.1) is 17.6 Å². The molecular formula is C20H28N2O4S. The Balaban J connectivity index is 1.30. The van der Waals surface area contributed by atoms with Gasteiger partial charge in [-0.1, -0.05) is 0 Å². The van der Waals surface area contributed by atoms with Crippen molar-refractivity contribution in [1.29, 1.82) is 0 Å². The van der Waals surface area contributed by atoms with Gasteiger partial charge in [0.15, 0.2) is 9.84 Å². The summed E-state index contributed by atoms with van der Waals surface area (Å²) in [5.41, 5.74) is 0.686. The summed E-state index contributed by atoms with van der Waals surface area (Å²) in [6.45, 7) is 2.79. The van der Waals surface area contributed by atoms with Crippen LogP contribution in [0.25, 0.3) is 0 Å². The van der Waals surface area contributed by atoms with Gasteiger partial charge in [0.25, 0.3) is 5.91 Å². The van der Waals surface area contributed by atoms with Crippen molar-refractivity contribution in [3.05, 3.63) is 29.8 Å². The number of rotatable bonds is 4. The molecule has 1 amide bonds. The Hall–Kier alpha value is -1.60. The second-order valence-corrected chi connectivity index (χ2v) is 10.2. The highest BCUT2D eigenvalue weighted by Gasteiger charge is 2.34. The normalized spacial score (nSPS) is 26.4. The number of ether oxygens (including phenoxy) is 1. The molecule has 148 valence electrons. The first-order valence-electron chi connectivity index (χ1n) is 10.0. The zero-order chi connectivity index (χ0) is 18.9. The molecule has 1 aromatic carbocycles. The summed E-state index contributed by atoms with van der Waals surface area (Å²) >= 11 is 0. The molecule has 6 nitrogen and oxygen atoms in total. The minimum Gasteiger partial charge on any atom is -0.490 e. The number of sulfone groups is 1. The van der Waals surface area contributed by atoms with Crippen molar-refractivity contribution in [2.75, 3.05) is 37.7 Å². The third-order valence-electron chi connectivity index (χ3n) is 6.03. The lowest BCUT2D eigenvalue weighted by Crippen LogP contribution is -2.52. The van der Waals surface area contributed by atoms with E-state index in [1.165, 1.54) is 12.8 Å². The summed E-state index contributed by atoms with van der Waals surface area (Å²) in [6, 6.07) is 7.61. The molecule has 7 heteroatoms. The molecule has 3 aliphatic rings. The summed E-state index contributed by atoms with van der Waals surface area (Å²) in [7, 11) is -2.86. The van der Waals surface area contributed by atoms with E-state index >= 15 is 0 Å². The van der Waals surface area contributed by atoms with Crippen molar-refractivity contribution in [2.45, 2.75) is 44.2 Å². The van der Waals surface area contributed by atoms with Gasteiger partial charge >= 0.3 is 0 Å². The highest BCUT2D eigenvalue weighted by molar-refractivity contribution is 7.91. The van der Waals surface area contributed by atoms with Crippen molar-refractivity contribution in [1.82, 2.24) is 9.80 Å². The first kappa shape index (κ1) is 18.7. The molecule has 3 fully saturated rings. The first-order chi connectivity index (χ1) is 13.0. The fourth-order valence-corrected chi connectivity index (χ4v) is 6.17. The Morgan fingerprint density at radius 1 is 0.963 bits per heavy atom. The molecule has 0 N–H and O–H groups in total. The maximum atomic E-state index is 12.8. The number of hydrogen-bond acceptors (Lipinski definition) is 5. The first-order valence-corrected chi connectivity index (χ1v) is 11.8. The third-order valence-corrected chi connectivity index (χ3v) is 7.78. The van der Waals surface area contributed by atoms with Gasteiger partial charge in [-0.25, -0.2) is 8.42 Å². The van der Waals surface area contributed by atoms with Crippen LogP contribution in [0.15, 0.2) is 24.3 Å². The fourth-order valence-electron chi connectivity index (χ4n) is 4.41. The molecule has 0 radical (unpaired) electrons. The van der Waals surface area contributed by atoms with Crippen LogP contribution in [0.5, 0.6) is 5.75 Å². The molecule has 0 spiro atoms. The smallest absolute Gasteiger partial charge is 0.253 e. The Kier molecular flexibility index (Phi) is 5.41. The molecule has 1 unspecified atom stereocenters. The maximum absolute atomic E-state index is 12.8. The molecule has 2 aliphatic heterocycles. The second-order valence-electron chi connectivity index (χ2n) is 7.93. The molecule has 4 rings (SSSR count). The average molecular weight is 393 g/mol. The number of nitrogens with zero attached hydrogens (tertiary/aromatic N) is 2. The lowest BCUT2D eigenvalue weighted by molar-refractivity contribution is 0.0588. The fraction of sp³-hybridized carbons (Fsp3) is 0.650. The quantitative estimate of drug-likeness (QED) is 0.784. The predicted molar refractivity (Wildman–Crippen MR) is 104 cm³/mol. The van der Waals surface area contributed by atoms with E-state index < -0.39 is 9.84 Å². The number of hydrogen-bond donors (Lipinski definition) is 0. The standard InChI is InChI=1S/C20H28N2O4S/c23-20(16-5-7-19(8-6-16)26-18-3-1-2-4-18)22-12-10-21(11-13-22)17-9-14-27(24,25)15-17/h5-8,17-18H,1-4,9-15H2. The molecule has 1 atom stereocenters. The average Bonchev–Trinajstić information content (AvgIpc) is 3.31. The Bertz CT molecular complexity index is 764. The molecule has 0 bridgehead atoms. The van der Waals surface area contributed by atoms with E-state index in [1.54, 1.807) is 0 Å². The summed E-state index contributed by atoms with van der Waals surface area (Å²) in [6.07, 6.45) is 5.75. The van der Waals surface area contributed by atoms with Crippen LogP contribution in [-0.2, 0) is 9.84 Å². The van der Waals surface area contributed by atoms with Crippen LogP contribution < -0.4 is 4.74 Å². The Morgan fingerprint density at radius 3 is 2.22 bits per heavy atom. The van der Waals surface area contributed by atoms with Crippen molar-refractivity contribution in [3.63, 3.8) is 0 Å². The van der Waals surface area contributed by atoms with Gasteiger partial charge in [0, 0.05) is 37.8 Å². The van der Waals surface area contributed by atoms with E-state index in [2.05, 4.69) is 4.90 Å². The number of amides is 1. The van der Waals surface area contributed by atoms with E-state index in [0.29, 0.717) is 30.5 Å². The number of carbonyl (C=O) groups is 1. The van der Waals surface area contributed by atoms with Crippen LogP contribution in [-0.4, -0.2) is 74.0 Å². The largest absolute Gasteiger partial charge is 0.490 e. The van der Waals surface area contributed by atoms with E-state index in [4.69, 9.17) is 4.74 Å². The van der Waals surface area contributed by atoms with Crippen LogP contribution in [0.2, 0.25) is 0 Å². The predicted octanol–water partition coefficient (Wildman–Crippen LogP) is 1.95. The molecular weight excluding hydrogens is 364 g/mol. The Morgan fingerprint density at radius 2 is 1.63 bits per heavy atom. The molecule has 2 heterocycles. The minimum absolute atomic E-state index is 0.0427. The lowest BCUT2D eigenvalue weighted by atomic mass is 10.1. The van der Waals surface area contributed by atoms with Gasteiger partial charge < -0.3 is 9.64 Å². The highest BCUT2D eigenvalue weighted by Crippen LogP contribution is 2.25. The zero-order valence-corrected chi connectivity index (χ0v) is 16.5. The summed E-state index contributed by atoms with van der Waals surface area (Å²) < 4.78 is 29.3. The van der Waals surface area contributed by atoms with Crippen LogP contribution >= 0.6 is 0 Å². The van der Waals surface area contributed by atoms with Crippen LogP contribution in [0.1, 0.15) is 42.5 Å². The summed E-state index contributed by atoms with van der Waals surface area (Å²) in [4.78, 5) is 16.9. The van der Waals surface area contributed by atoms with Crippen LogP contribution in [0, 0.1) is 0 Å². The monoisotopic (exact) mass is 392 g/mol. The number of benzene rings is 1. The molecule has 1 saturated carbocycles. The van der Waals surface area contributed by atoms with Gasteiger partial charge in [0.1, 0.15) is 5.75 Å². The summed E-state index contributed by atoms with van der Waals surface area (Å²) in [5.74, 6) is 1.45. The SMILES string of the molecule is O=C(c1ccc(OC2CCCC2)cc1)N1CCN(C2CCS(=O)(=O)C2)CC1. The van der Waals surface area contributed by atoms with Crippen LogP contribution in [0.4, 0.5) is 0 Å². The van der Waals surface area contributed by atoms with Crippen molar-refractivity contribution >= 4 is 15.7 Å². The lowest BCUT2D eigenvalue weighted by Gasteiger charge is -2.37. The molecule has 2 saturated heterocycles. The van der Waals surface area contributed by atoms with Gasteiger partial charge in [-0.05, 0) is 56.4 Å². The Labute approximate surface area is 161 Å². The topological polar surface area (TPSA) is 66.9 Å². The van der Waals surface area contributed by atoms with E-state index in [9.17, 15) is 13.2 Å². The minimum atomic E-state index is -2.86. The van der Waals surface area contributed by atoms with Gasteiger partial charge in [-0.3, -0.25) is 9.69 Å². The van der Waals surface area contributed by atoms with Gasteiger partial charge in [-0.2, -0.15) is 0 Å². The van der Waals surface area contributed by atoms with E-state index in [1.807, 2.05) is 29.2 Å². The molecule has 1 aliphatic carbocycles. The van der Waals surface area contributed by atoms with Crippen molar-refractivity contribution in [3.8, 4) is 5.75 Å². The number of carbonyl (C=O) groups excluding carboxylic acids is 1. The highest BCUT2D eigenvalue weighted by atomic mass is 32.2. The van der Waals surface area contributed by atoms with Crippen molar-refractivity contribution in [2.24, 2.45) is 0 Å². The third kappa shape index (κ3) is 4.46. The summed E-state index contributed by atoms with van der Waals surface area (Å²) in [5, 5.41) is 0. The number of piperazine rings is 1.